The number of aryl methyl sites for hydroxylation is 1. The van der Waals surface area contributed by atoms with E-state index < -0.39 is 0 Å². The lowest BCUT2D eigenvalue weighted by molar-refractivity contribution is -0.115. The van der Waals surface area contributed by atoms with E-state index >= 15 is 0 Å². The number of urea groups is 1. The topological polar surface area (TPSA) is 66.4 Å². The summed E-state index contributed by atoms with van der Waals surface area (Å²) in [4.78, 5) is 25.4. The Hall–Kier alpha value is -2.76. The molecular weight excluding hydrogens is 316 g/mol. The fourth-order valence-electron chi connectivity index (χ4n) is 2.46. The number of carbonyl (C=O) groups excluding carboxylic acids is 2. The first-order valence-electron chi connectivity index (χ1n) is 8.42. The number of rotatable bonds is 6. The third-order valence-electron chi connectivity index (χ3n) is 4.15. The predicted octanol–water partition coefficient (Wildman–Crippen LogP) is 3.28. The monoisotopic (exact) mass is 342 g/mol. The van der Waals surface area contributed by atoms with Crippen molar-refractivity contribution in [3.05, 3.63) is 53.9 Å². The molecule has 6 heteroatoms. The van der Waals surface area contributed by atoms with E-state index in [4.69, 9.17) is 0 Å². The third kappa shape index (κ3) is 5.11. The predicted molar refractivity (Wildman–Crippen MR) is 99.2 cm³/mol. The maximum absolute atomic E-state index is 12.4. The molecule has 1 atom stereocenters. The fraction of sp³-hybridized carbons (Fsp3) is 0.368. The summed E-state index contributed by atoms with van der Waals surface area (Å²) in [5, 5.41) is 5.80. The highest BCUT2D eigenvalue weighted by Crippen LogP contribution is 2.17. The van der Waals surface area contributed by atoms with Gasteiger partial charge in [-0.25, -0.2) is 4.79 Å². The van der Waals surface area contributed by atoms with E-state index in [0.29, 0.717) is 13.0 Å². The Labute approximate surface area is 148 Å². The summed E-state index contributed by atoms with van der Waals surface area (Å²) in [5.74, 6) is -0.0172. The van der Waals surface area contributed by atoms with Gasteiger partial charge < -0.3 is 20.1 Å². The second-order valence-electron chi connectivity index (χ2n) is 6.16. The summed E-state index contributed by atoms with van der Waals surface area (Å²) in [7, 11) is 3.74. The van der Waals surface area contributed by atoms with Crippen molar-refractivity contribution in [1.82, 2.24) is 14.8 Å². The molecular formula is C19H26N4O2. The molecule has 0 aliphatic heterocycles. The average Bonchev–Trinajstić information content (AvgIpc) is 3.00. The van der Waals surface area contributed by atoms with Crippen LogP contribution in [0.1, 0.15) is 37.6 Å². The molecule has 0 radical (unpaired) electrons. The third-order valence-corrected chi connectivity index (χ3v) is 4.15. The minimum Gasteiger partial charge on any atom is -0.353 e. The van der Waals surface area contributed by atoms with Crippen molar-refractivity contribution in [2.24, 2.45) is 7.05 Å². The molecule has 0 fully saturated rings. The van der Waals surface area contributed by atoms with Crippen LogP contribution in [-0.2, 0) is 18.4 Å². The summed E-state index contributed by atoms with van der Waals surface area (Å²) in [6.07, 6.45) is 2.41. The molecule has 1 heterocycles. The second-order valence-corrected chi connectivity index (χ2v) is 6.16. The Balaban J connectivity index is 1.91. The van der Waals surface area contributed by atoms with Gasteiger partial charge in [0.05, 0.1) is 12.6 Å². The van der Waals surface area contributed by atoms with Crippen LogP contribution in [0.2, 0.25) is 0 Å². The van der Waals surface area contributed by atoms with Gasteiger partial charge in [0.1, 0.15) is 0 Å². The van der Waals surface area contributed by atoms with E-state index in [1.807, 2.05) is 68.1 Å². The highest BCUT2D eigenvalue weighted by Gasteiger charge is 2.14. The van der Waals surface area contributed by atoms with Gasteiger partial charge in [-0.2, -0.15) is 0 Å². The van der Waals surface area contributed by atoms with Gasteiger partial charge in [0.25, 0.3) is 0 Å². The molecule has 0 unspecified atom stereocenters. The van der Waals surface area contributed by atoms with Crippen molar-refractivity contribution in [1.29, 1.82) is 0 Å². The van der Waals surface area contributed by atoms with Gasteiger partial charge in [-0.1, -0.05) is 19.1 Å². The minimum absolute atomic E-state index is 0.0172. The van der Waals surface area contributed by atoms with Crippen LogP contribution < -0.4 is 10.6 Å². The Kier molecular flexibility index (Phi) is 6.22. The van der Waals surface area contributed by atoms with Gasteiger partial charge in [-0.15, -0.1) is 0 Å². The zero-order chi connectivity index (χ0) is 18.4. The Bertz CT molecular complexity index is 721. The van der Waals surface area contributed by atoms with E-state index in [1.165, 1.54) is 0 Å². The highest BCUT2D eigenvalue weighted by atomic mass is 16.2. The van der Waals surface area contributed by atoms with Crippen molar-refractivity contribution in [2.75, 3.05) is 12.4 Å². The van der Waals surface area contributed by atoms with E-state index in [-0.39, 0.29) is 18.0 Å². The molecule has 2 rings (SSSR count). The van der Waals surface area contributed by atoms with Crippen molar-refractivity contribution < 1.29 is 9.59 Å². The normalized spacial score (nSPS) is 11.7. The summed E-state index contributed by atoms with van der Waals surface area (Å²) in [6.45, 7) is 4.30. The van der Waals surface area contributed by atoms with Gasteiger partial charge in [-0.05, 0) is 36.8 Å². The van der Waals surface area contributed by atoms with Crippen molar-refractivity contribution in [3.63, 3.8) is 0 Å². The number of anilines is 1. The number of nitrogens with one attached hydrogen (secondary N) is 2. The molecule has 0 saturated heterocycles. The molecule has 0 spiro atoms. The smallest absolute Gasteiger partial charge is 0.317 e. The van der Waals surface area contributed by atoms with Crippen LogP contribution in [-0.4, -0.2) is 28.5 Å². The first kappa shape index (κ1) is 18.6. The maximum atomic E-state index is 12.4. The van der Waals surface area contributed by atoms with Crippen LogP contribution in [0.5, 0.6) is 0 Å². The summed E-state index contributed by atoms with van der Waals surface area (Å²) < 4.78 is 2.00. The SMILES string of the molecule is CCC(=O)Nc1ccc([C@H](C)NC(=O)N(C)Cc2cccn2C)cc1. The summed E-state index contributed by atoms with van der Waals surface area (Å²) in [6, 6.07) is 11.2. The van der Waals surface area contributed by atoms with E-state index in [9.17, 15) is 9.59 Å². The molecule has 134 valence electrons. The van der Waals surface area contributed by atoms with Crippen LogP contribution >= 0.6 is 0 Å². The molecule has 1 aromatic carbocycles. The molecule has 0 saturated carbocycles. The molecule has 3 amide bonds. The van der Waals surface area contributed by atoms with Crippen molar-refractivity contribution >= 4 is 17.6 Å². The minimum atomic E-state index is -0.128. The number of carbonyl (C=O) groups is 2. The molecule has 0 bridgehead atoms. The van der Waals surface area contributed by atoms with Crippen molar-refractivity contribution in [2.45, 2.75) is 32.9 Å². The first-order valence-corrected chi connectivity index (χ1v) is 8.42. The first-order chi connectivity index (χ1) is 11.9. The molecule has 6 nitrogen and oxygen atoms in total. The van der Waals surface area contributed by atoms with E-state index in [1.54, 1.807) is 11.9 Å². The lowest BCUT2D eigenvalue weighted by atomic mass is 10.1. The Morgan fingerprint density at radius 3 is 2.44 bits per heavy atom. The van der Waals surface area contributed by atoms with E-state index in [0.717, 1.165) is 16.9 Å². The van der Waals surface area contributed by atoms with Gasteiger partial charge in [-0.3, -0.25) is 4.79 Å². The number of nitrogens with zero attached hydrogens (tertiary/aromatic N) is 2. The second kappa shape index (κ2) is 8.37. The van der Waals surface area contributed by atoms with Crippen LogP contribution in [0.25, 0.3) is 0 Å². The number of amides is 3. The van der Waals surface area contributed by atoms with Crippen LogP contribution in [0, 0.1) is 0 Å². The quantitative estimate of drug-likeness (QED) is 0.846. The highest BCUT2D eigenvalue weighted by molar-refractivity contribution is 5.90. The van der Waals surface area contributed by atoms with Gasteiger partial charge >= 0.3 is 6.03 Å². The number of aromatic nitrogens is 1. The molecule has 1 aromatic heterocycles. The van der Waals surface area contributed by atoms with Crippen molar-refractivity contribution in [3.8, 4) is 0 Å². The number of hydrogen-bond donors (Lipinski definition) is 2. The zero-order valence-corrected chi connectivity index (χ0v) is 15.2. The van der Waals surface area contributed by atoms with Crippen LogP contribution in [0.15, 0.2) is 42.6 Å². The molecule has 2 aromatic rings. The number of hydrogen-bond acceptors (Lipinski definition) is 2. The molecule has 2 N–H and O–H groups in total. The van der Waals surface area contributed by atoms with Gasteiger partial charge in [0, 0.05) is 38.1 Å². The maximum Gasteiger partial charge on any atom is 0.317 e. The lowest BCUT2D eigenvalue weighted by Gasteiger charge is -2.22. The molecule has 25 heavy (non-hydrogen) atoms. The molecule has 0 aliphatic rings. The summed E-state index contributed by atoms with van der Waals surface area (Å²) in [5.41, 5.74) is 2.81. The summed E-state index contributed by atoms with van der Waals surface area (Å²) >= 11 is 0. The fourth-order valence-corrected chi connectivity index (χ4v) is 2.46. The Morgan fingerprint density at radius 1 is 1.20 bits per heavy atom. The van der Waals surface area contributed by atoms with E-state index in [2.05, 4.69) is 10.6 Å². The van der Waals surface area contributed by atoms with Crippen LogP contribution in [0.4, 0.5) is 10.5 Å². The van der Waals surface area contributed by atoms with Gasteiger partial charge in [0.2, 0.25) is 5.91 Å². The van der Waals surface area contributed by atoms with Crippen LogP contribution in [0.3, 0.4) is 0 Å². The Morgan fingerprint density at radius 2 is 1.88 bits per heavy atom. The largest absolute Gasteiger partial charge is 0.353 e. The molecule has 0 aliphatic carbocycles. The standard InChI is InChI=1S/C19H26N4O2/c1-5-18(24)21-16-10-8-15(9-11-16)14(2)20-19(25)23(4)13-17-7-6-12-22(17)3/h6-12,14H,5,13H2,1-4H3,(H,20,25)(H,21,24)/t14-/m0/s1. The number of benzene rings is 1. The lowest BCUT2D eigenvalue weighted by Crippen LogP contribution is -2.38. The van der Waals surface area contributed by atoms with Gasteiger partial charge in [0.15, 0.2) is 0 Å². The average molecular weight is 342 g/mol. The zero-order valence-electron chi connectivity index (χ0n) is 15.2.